The maximum absolute atomic E-state index is 10.9. The third kappa shape index (κ3) is 3.15. The minimum absolute atomic E-state index is 0.0202. The molecule has 2 atom stereocenters. The van der Waals surface area contributed by atoms with Crippen LogP contribution in [0.4, 0.5) is 5.69 Å². The van der Waals surface area contributed by atoms with Crippen molar-refractivity contribution in [2.75, 3.05) is 6.61 Å². The minimum Gasteiger partial charge on any atom is -0.377 e. The van der Waals surface area contributed by atoms with Gasteiger partial charge in [-0.25, -0.2) is 0 Å². The SMILES string of the molecule is CC(C)(C)[C@@H]1OCC[C@H]1c1noc(C(C)(C)n2cc([N+](=O)[O-])cn2)n1. The van der Waals surface area contributed by atoms with E-state index in [1.165, 1.54) is 17.1 Å². The van der Waals surface area contributed by atoms with Crippen molar-refractivity contribution in [2.24, 2.45) is 5.41 Å². The van der Waals surface area contributed by atoms with Crippen LogP contribution >= 0.6 is 0 Å². The first-order chi connectivity index (χ1) is 11.6. The van der Waals surface area contributed by atoms with E-state index in [4.69, 9.17) is 9.26 Å². The first-order valence-corrected chi connectivity index (χ1v) is 8.26. The molecule has 1 aliphatic heterocycles. The highest BCUT2D eigenvalue weighted by Gasteiger charge is 2.42. The smallest absolute Gasteiger partial charge is 0.307 e. The Morgan fingerprint density at radius 3 is 2.64 bits per heavy atom. The molecule has 0 radical (unpaired) electrons. The largest absolute Gasteiger partial charge is 0.377 e. The molecule has 0 saturated carbocycles. The van der Waals surface area contributed by atoms with E-state index in [9.17, 15) is 10.1 Å². The number of rotatable bonds is 4. The van der Waals surface area contributed by atoms with Gasteiger partial charge < -0.3 is 9.26 Å². The quantitative estimate of drug-likeness (QED) is 0.616. The summed E-state index contributed by atoms with van der Waals surface area (Å²) in [5.41, 5.74) is -0.902. The lowest BCUT2D eigenvalue weighted by molar-refractivity contribution is -0.385. The summed E-state index contributed by atoms with van der Waals surface area (Å²) in [6.45, 7) is 10.7. The molecule has 0 aromatic carbocycles. The molecule has 0 amide bonds. The van der Waals surface area contributed by atoms with Crippen LogP contribution in [-0.4, -0.2) is 37.6 Å². The van der Waals surface area contributed by atoms with Crippen LogP contribution in [0.5, 0.6) is 0 Å². The third-order valence-electron chi connectivity index (χ3n) is 4.59. The Kier molecular flexibility index (Phi) is 4.14. The molecule has 0 aliphatic carbocycles. The van der Waals surface area contributed by atoms with Gasteiger partial charge in [-0.05, 0) is 25.7 Å². The molecular weight excluding hydrogens is 326 g/mol. The van der Waals surface area contributed by atoms with E-state index in [2.05, 4.69) is 36.0 Å². The van der Waals surface area contributed by atoms with E-state index in [0.717, 1.165) is 6.42 Å². The second-order valence-corrected chi connectivity index (χ2v) is 7.97. The predicted octanol–water partition coefficient (Wildman–Crippen LogP) is 2.88. The van der Waals surface area contributed by atoms with E-state index in [0.29, 0.717) is 18.3 Å². The molecule has 2 aromatic rings. The van der Waals surface area contributed by atoms with Crippen molar-refractivity contribution in [3.05, 3.63) is 34.2 Å². The van der Waals surface area contributed by atoms with Crippen molar-refractivity contribution in [3.63, 3.8) is 0 Å². The highest BCUT2D eigenvalue weighted by Crippen LogP contribution is 2.40. The number of hydrogen-bond acceptors (Lipinski definition) is 7. The summed E-state index contributed by atoms with van der Waals surface area (Å²) >= 11 is 0. The van der Waals surface area contributed by atoms with E-state index in [1.807, 2.05) is 13.8 Å². The lowest BCUT2D eigenvalue weighted by Gasteiger charge is -2.29. The summed E-state index contributed by atoms with van der Waals surface area (Å²) in [7, 11) is 0. The average molecular weight is 349 g/mol. The number of nitro groups is 1. The Balaban J connectivity index is 1.88. The summed E-state index contributed by atoms with van der Waals surface area (Å²) in [5, 5.41) is 19.1. The van der Waals surface area contributed by atoms with Crippen LogP contribution in [0.15, 0.2) is 16.9 Å². The molecule has 3 heterocycles. The maximum Gasteiger partial charge on any atom is 0.307 e. The van der Waals surface area contributed by atoms with Gasteiger partial charge in [0.25, 0.3) is 5.89 Å². The molecule has 136 valence electrons. The number of hydrogen-bond donors (Lipinski definition) is 0. The summed E-state index contributed by atoms with van der Waals surface area (Å²) in [5.74, 6) is 1.04. The normalized spacial score (nSPS) is 21.6. The molecule has 25 heavy (non-hydrogen) atoms. The van der Waals surface area contributed by atoms with E-state index in [1.54, 1.807) is 0 Å². The monoisotopic (exact) mass is 349 g/mol. The molecule has 1 saturated heterocycles. The zero-order valence-electron chi connectivity index (χ0n) is 15.1. The first-order valence-electron chi connectivity index (χ1n) is 8.26. The zero-order chi connectivity index (χ0) is 18.4. The topological polar surface area (TPSA) is 109 Å². The van der Waals surface area contributed by atoms with Gasteiger partial charge in [0.05, 0.1) is 16.9 Å². The lowest BCUT2D eigenvalue weighted by atomic mass is 9.81. The van der Waals surface area contributed by atoms with Gasteiger partial charge in [0.15, 0.2) is 5.82 Å². The second kappa shape index (κ2) is 5.91. The Labute approximate surface area is 145 Å². The van der Waals surface area contributed by atoms with Crippen LogP contribution in [0.1, 0.15) is 58.7 Å². The second-order valence-electron chi connectivity index (χ2n) is 7.97. The highest BCUT2D eigenvalue weighted by atomic mass is 16.6. The zero-order valence-corrected chi connectivity index (χ0v) is 15.1. The fourth-order valence-corrected chi connectivity index (χ4v) is 3.15. The standard InChI is InChI=1S/C16H23N5O4/c1-15(2,3)12-11(6-7-24-12)13-18-14(25-19-13)16(4,5)20-9-10(8-17-20)21(22)23/h8-9,11-12H,6-7H2,1-5H3/t11-,12-/m1/s1. The van der Waals surface area contributed by atoms with Crippen LogP contribution < -0.4 is 0 Å². The maximum atomic E-state index is 10.9. The summed E-state index contributed by atoms with van der Waals surface area (Å²) in [4.78, 5) is 15.0. The van der Waals surface area contributed by atoms with E-state index in [-0.39, 0.29) is 23.1 Å². The molecule has 9 heteroatoms. The Morgan fingerprint density at radius 2 is 2.04 bits per heavy atom. The number of aromatic nitrogens is 4. The molecule has 1 fully saturated rings. The van der Waals surface area contributed by atoms with Crippen LogP contribution in [-0.2, 0) is 10.3 Å². The molecule has 1 aliphatic rings. The fraction of sp³-hybridized carbons (Fsp3) is 0.688. The van der Waals surface area contributed by atoms with Gasteiger partial charge in [-0.3, -0.25) is 14.8 Å². The average Bonchev–Trinajstić information content (AvgIpc) is 3.25. The third-order valence-corrected chi connectivity index (χ3v) is 4.59. The van der Waals surface area contributed by atoms with Gasteiger partial charge in [0.1, 0.15) is 17.9 Å². The van der Waals surface area contributed by atoms with Crippen molar-refractivity contribution >= 4 is 5.69 Å². The summed E-state index contributed by atoms with van der Waals surface area (Å²) in [6.07, 6.45) is 3.43. The summed E-state index contributed by atoms with van der Waals surface area (Å²) in [6, 6.07) is 0. The van der Waals surface area contributed by atoms with Gasteiger partial charge in [-0.15, -0.1) is 0 Å². The number of ether oxygens (including phenoxy) is 1. The van der Waals surface area contributed by atoms with Crippen molar-refractivity contribution in [3.8, 4) is 0 Å². The molecular formula is C16H23N5O4. The van der Waals surface area contributed by atoms with Crippen molar-refractivity contribution in [2.45, 2.75) is 58.6 Å². The van der Waals surface area contributed by atoms with Gasteiger partial charge in [0.2, 0.25) is 0 Å². The summed E-state index contributed by atoms with van der Waals surface area (Å²) < 4.78 is 12.8. The van der Waals surface area contributed by atoms with Crippen molar-refractivity contribution in [1.82, 2.24) is 19.9 Å². The van der Waals surface area contributed by atoms with Crippen LogP contribution in [0.3, 0.4) is 0 Å². The minimum atomic E-state index is -0.795. The number of nitrogens with zero attached hydrogens (tertiary/aromatic N) is 5. The molecule has 0 bridgehead atoms. The molecule has 0 spiro atoms. The van der Waals surface area contributed by atoms with Crippen molar-refractivity contribution in [1.29, 1.82) is 0 Å². The molecule has 0 unspecified atom stereocenters. The molecule has 3 rings (SSSR count). The predicted molar refractivity (Wildman–Crippen MR) is 88.2 cm³/mol. The Hall–Kier alpha value is -2.29. The van der Waals surface area contributed by atoms with Crippen LogP contribution in [0.2, 0.25) is 0 Å². The molecule has 9 nitrogen and oxygen atoms in total. The first kappa shape index (κ1) is 17.5. The molecule has 0 N–H and O–H groups in total. The molecule has 2 aromatic heterocycles. The van der Waals surface area contributed by atoms with Gasteiger partial charge in [-0.2, -0.15) is 10.1 Å². The van der Waals surface area contributed by atoms with Crippen molar-refractivity contribution < 1.29 is 14.2 Å². The lowest BCUT2D eigenvalue weighted by Crippen LogP contribution is -2.31. The Morgan fingerprint density at radius 1 is 1.32 bits per heavy atom. The van der Waals surface area contributed by atoms with Gasteiger partial charge >= 0.3 is 5.69 Å². The van der Waals surface area contributed by atoms with E-state index < -0.39 is 10.5 Å². The van der Waals surface area contributed by atoms with E-state index >= 15 is 0 Å². The van der Waals surface area contributed by atoms with Crippen LogP contribution in [0.25, 0.3) is 0 Å². The van der Waals surface area contributed by atoms with Gasteiger partial charge in [0, 0.05) is 6.61 Å². The highest BCUT2D eigenvalue weighted by molar-refractivity contribution is 5.22. The van der Waals surface area contributed by atoms with Crippen LogP contribution in [0, 0.1) is 15.5 Å². The fourth-order valence-electron chi connectivity index (χ4n) is 3.15. The Bertz CT molecular complexity index is 774. The van der Waals surface area contributed by atoms with Gasteiger partial charge in [-0.1, -0.05) is 25.9 Å².